The van der Waals surface area contributed by atoms with Crippen LogP contribution in [0, 0.1) is 5.92 Å². The van der Waals surface area contributed by atoms with Crippen LogP contribution in [-0.4, -0.2) is 59.7 Å². The second-order valence-corrected chi connectivity index (χ2v) is 8.22. The van der Waals surface area contributed by atoms with E-state index < -0.39 is 5.54 Å². The largest absolute Gasteiger partial charge is 0.394 e. The lowest BCUT2D eigenvalue weighted by Gasteiger charge is -2.57. The van der Waals surface area contributed by atoms with Gasteiger partial charge in [-0.15, -0.1) is 0 Å². The summed E-state index contributed by atoms with van der Waals surface area (Å²) >= 11 is 0. The first-order valence-electron chi connectivity index (χ1n) is 9.10. The Kier molecular flexibility index (Phi) is 2.75. The molecule has 0 saturated carbocycles. The summed E-state index contributed by atoms with van der Waals surface area (Å²) < 4.78 is 0.977. The van der Waals surface area contributed by atoms with Gasteiger partial charge in [-0.05, 0) is 24.6 Å². The summed E-state index contributed by atoms with van der Waals surface area (Å²) in [6, 6.07) is 8.39. The zero-order valence-electron chi connectivity index (χ0n) is 14.4. The number of para-hydroxylation sites is 1. The maximum absolute atomic E-state index is 13.5. The summed E-state index contributed by atoms with van der Waals surface area (Å²) in [5, 5.41) is 10.3. The van der Waals surface area contributed by atoms with E-state index in [1.807, 2.05) is 18.2 Å². The lowest BCUT2D eigenvalue weighted by Crippen LogP contribution is -2.74. The molecular weight excluding hydrogens is 300 g/mol. The molecule has 2 bridgehead atoms. The van der Waals surface area contributed by atoms with Crippen molar-refractivity contribution in [2.24, 2.45) is 5.92 Å². The molecule has 4 nitrogen and oxygen atoms in total. The van der Waals surface area contributed by atoms with Crippen LogP contribution in [0.25, 0.3) is 0 Å². The molecule has 3 fully saturated rings. The second kappa shape index (κ2) is 4.50. The van der Waals surface area contributed by atoms with Crippen LogP contribution in [0.1, 0.15) is 30.1 Å². The molecule has 4 heteroatoms. The van der Waals surface area contributed by atoms with Crippen LogP contribution in [0.5, 0.6) is 0 Å². The number of allylic oxidation sites excluding steroid dienone is 1. The number of piperidine rings is 2. The molecule has 0 aliphatic carbocycles. The van der Waals surface area contributed by atoms with Gasteiger partial charge in [0.2, 0.25) is 0 Å². The maximum atomic E-state index is 13.5. The fourth-order valence-corrected chi connectivity index (χ4v) is 6.38. The van der Waals surface area contributed by atoms with Crippen LogP contribution in [0.15, 0.2) is 35.9 Å². The lowest BCUT2D eigenvalue weighted by molar-refractivity contribution is -0.923. The third-order valence-corrected chi connectivity index (χ3v) is 7.39. The van der Waals surface area contributed by atoms with E-state index in [-0.39, 0.29) is 12.6 Å². The molecule has 0 unspecified atom stereocenters. The topological polar surface area (TPSA) is 40.5 Å². The number of carbonyl (C=O) groups excluding carboxylic acids is 1. The molecule has 24 heavy (non-hydrogen) atoms. The number of likely N-dealkylation sites (N-methyl/N-ethyl adjacent to an activating group) is 1. The van der Waals surface area contributed by atoms with Crippen LogP contribution in [0.4, 0.5) is 5.69 Å². The van der Waals surface area contributed by atoms with Gasteiger partial charge in [-0.25, -0.2) is 0 Å². The third kappa shape index (κ3) is 1.42. The Morgan fingerprint density at radius 2 is 2.21 bits per heavy atom. The molecule has 3 saturated heterocycles. The van der Waals surface area contributed by atoms with Crippen molar-refractivity contribution in [2.45, 2.75) is 37.4 Å². The minimum absolute atomic E-state index is 0.0203. The van der Waals surface area contributed by atoms with E-state index in [2.05, 4.69) is 31.0 Å². The zero-order chi connectivity index (χ0) is 16.7. The van der Waals surface area contributed by atoms with Gasteiger partial charge in [0, 0.05) is 30.0 Å². The number of Topliss-reactive ketones (excluding diaryl/α,β-unsaturated/α-hetero) is 1. The summed E-state index contributed by atoms with van der Waals surface area (Å²) in [4.78, 5) is 15.9. The quantitative estimate of drug-likeness (QED) is 0.634. The van der Waals surface area contributed by atoms with Gasteiger partial charge < -0.3 is 14.5 Å². The predicted molar refractivity (Wildman–Crippen MR) is 93.0 cm³/mol. The first-order chi connectivity index (χ1) is 11.6. The average Bonchev–Trinajstić information content (AvgIpc) is 3.07. The number of benzene rings is 1. The number of ketones is 1. The van der Waals surface area contributed by atoms with Crippen molar-refractivity contribution in [3.8, 4) is 0 Å². The Balaban J connectivity index is 1.78. The monoisotopic (exact) mass is 325 g/mol. The lowest BCUT2D eigenvalue weighted by atomic mass is 9.68. The Morgan fingerprint density at radius 1 is 1.42 bits per heavy atom. The van der Waals surface area contributed by atoms with E-state index in [4.69, 9.17) is 0 Å². The molecule has 5 rings (SSSR count). The molecule has 4 aliphatic rings. The summed E-state index contributed by atoms with van der Waals surface area (Å²) in [5.41, 5.74) is 2.93. The zero-order valence-corrected chi connectivity index (χ0v) is 14.4. The number of hydrogen-bond acceptors (Lipinski definition) is 3. The highest BCUT2D eigenvalue weighted by Crippen LogP contribution is 2.58. The number of aliphatic hydroxyl groups excluding tert-OH is 1. The Hall–Kier alpha value is -1.65. The van der Waals surface area contributed by atoms with Crippen LogP contribution >= 0.6 is 0 Å². The number of rotatable bonds is 1. The SMILES string of the molecule is C/C=C1/C[N@@+]2(C)CC[C@@]34C(=O)c5ccccc5N3[C@H](CO)[C@@H]1C[C@H]42. The Morgan fingerprint density at radius 3 is 2.96 bits per heavy atom. The Bertz CT molecular complexity index is 773. The molecule has 0 amide bonds. The highest BCUT2D eigenvalue weighted by atomic mass is 16.3. The van der Waals surface area contributed by atoms with Crippen molar-refractivity contribution < 1.29 is 14.4 Å². The van der Waals surface area contributed by atoms with Gasteiger partial charge in [-0.3, -0.25) is 4.79 Å². The van der Waals surface area contributed by atoms with Crippen molar-refractivity contribution in [2.75, 3.05) is 31.6 Å². The van der Waals surface area contributed by atoms with E-state index in [1.54, 1.807) is 0 Å². The maximum Gasteiger partial charge on any atom is 0.196 e. The van der Waals surface area contributed by atoms with Crippen molar-refractivity contribution in [3.05, 3.63) is 41.5 Å². The minimum Gasteiger partial charge on any atom is -0.394 e. The minimum atomic E-state index is -0.429. The highest BCUT2D eigenvalue weighted by molar-refractivity contribution is 6.15. The summed E-state index contributed by atoms with van der Waals surface area (Å²) in [6.45, 7) is 4.31. The van der Waals surface area contributed by atoms with Gasteiger partial charge in [0.1, 0.15) is 12.6 Å². The van der Waals surface area contributed by atoms with E-state index in [0.29, 0.717) is 17.7 Å². The van der Waals surface area contributed by atoms with Gasteiger partial charge in [-0.1, -0.05) is 18.2 Å². The number of quaternary nitrogens is 1. The van der Waals surface area contributed by atoms with E-state index in [1.165, 1.54) is 5.57 Å². The van der Waals surface area contributed by atoms with Crippen molar-refractivity contribution in [1.82, 2.24) is 0 Å². The van der Waals surface area contributed by atoms with Crippen LogP contribution in [0.2, 0.25) is 0 Å². The molecule has 5 atom stereocenters. The van der Waals surface area contributed by atoms with Gasteiger partial charge in [0.15, 0.2) is 11.3 Å². The van der Waals surface area contributed by atoms with Crippen LogP contribution in [-0.2, 0) is 0 Å². The summed E-state index contributed by atoms with van der Waals surface area (Å²) in [7, 11) is 2.33. The average molecular weight is 325 g/mol. The summed E-state index contributed by atoms with van der Waals surface area (Å²) in [5.74, 6) is 0.659. The fourth-order valence-electron chi connectivity index (χ4n) is 6.38. The van der Waals surface area contributed by atoms with E-state index in [0.717, 1.165) is 41.7 Å². The number of carbonyl (C=O) groups is 1. The molecular formula is C20H25N2O2+. The molecule has 0 radical (unpaired) electrons. The van der Waals surface area contributed by atoms with Gasteiger partial charge in [-0.2, -0.15) is 0 Å². The first kappa shape index (κ1) is 14.7. The predicted octanol–water partition coefficient (Wildman–Crippen LogP) is 1.99. The first-order valence-corrected chi connectivity index (χ1v) is 9.10. The standard InChI is InChI=1S/C20H25N2O2/c1-3-13-11-22(2)9-8-20-18(22)10-15(13)17(12-23)21(20)16-7-5-4-6-14(16)19(20)24/h3-7,15,17-18,23H,8-12H2,1-2H3/q+1/b13-3-/t15-,17-,18-,20-,22-/m1/s1. The molecule has 1 spiro atoms. The van der Waals surface area contributed by atoms with Gasteiger partial charge in [0.25, 0.3) is 0 Å². The number of nitrogens with zero attached hydrogens (tertiary/aromatic N) is 2. The number of fused-ring (bicyclic) bond motifs is 3. The van der Waals surface area contributed by atoms with E-state index in [9.17, 15) is 9.90 Å². The van der Waals surface area contributed by atoms with Gasteiger partial charge in [0.05, 0.1) is 26.2 Å². The Labute approximate surface area is 143 Å². The van der Waals surface area contributed by atoms with Gasteiger partial charge >= 0.3 is 0 Å². The number of hydrogen-bond donors (Lipinski definition) is 1. The second-order valence-electron chi connectivity index (χ2n) is 8.22. The normalized spacial score (nSPS) is 44.0. The molecule has 1 N–H and O–H groups in total. The molecule has 0 aromatic heterocycles. The van der Waals surface area contributed by atoms with Crippen LogP contribution < -0.4 is 4.90 Å². The number of aliphatic hydroxyl groups is 1. The number of anilines is 1. The molecule has 126 valence electrons. The molecule has 1 aromatic carbocycles. The van der Waals surface area contributed by atoms with Crippen molar-refractivity contribution in [1.29, 1.82) is 0 Å². The molecule has 1 aromatic rings. The molecule has 4 heterocycles. The molecule has 4 aliphatic heterocycles. The fraction of sp³-hybridized carbons (Fsp3) is 0.550. The van der Waals surface area contributed by atoms with Crippen molar-refractivity contribution in [3.63, 3.8) is 0 Å². The van der Waals surface area contributed by atoms with Crippen molar-refractivity contribution >= 4 is 11.5 Å². The van der Waals surface area contributed by atoms with E-state index >= 15 is 0 Å². The smallest absolute Gasteiger partial charge is 0.196 e. The van der Waals surface area contributed by atoms with Crippen LogP contribution in [0.3, 0.4) is 0 Å². The third-order valence-electron chi connectivity index (χ3n) is 7.39. The summed E-state index contributed by atoms with van der Waals surface area (Å²) in [6.07, 6.45) is 4.18. The highest BCUT2D eigenvalue weighted by Gasteiger charge is 2.72.